The van der Waals surface area contributed by atoms with E-state index in [1.54, 1.807) is 10.4 Å². The van der Waals surface area contributed by atoms with Crippen LogP contribution in [0.2, 0.25) is 4.34 Å². The zero-order valence-electron chi connectivity index (χ0n) is 12.7. The summed E-state index contributed by atoms with van der Waals surface area (Å²) in [4.78, 5) is 0. The first-order valence-electron chi connectivity index (χ1n) is 7.30. The quantitative estimate of drug-likeness (QED) is 0.887. The summed E-state index contributed by atoms with van der Waals surface area (Å²) in [6.07, 6.45) is 2.00. The second-order valence-electron chi connectivity index (χ2n) is 5.96. The minimum atomic E-state index is -3.40. The molecule has 0 aromatic carbocycles. The van der Waals surface area contributed by atoms with Gasteiger partial charge in [-0.2, -0.15) is 4.31 Å². The monoisotopic (exact) mass is 350 g/mol. The zero-order valence-corrected chi connectivity index (χ0v) is 15.1. The van der Waals surface area contributed by atoms with E-state index in [1.807, 2.05) is 6.92 Å². The fourth-order valence-electron chi connectivity index (χ4n) is 2.50. The van der Waals surface area contributed by atoms with Crippen molar-refractivity contribution in [1.29, 1.82) is 0 Å². The molecule has 0 aliphatic carbocycles. The van der Waals surface area contributed by atoms with E-state index in [0.29, 0.717) is 33.6 Å². The summed E-state index contributed by atoms with van der Waals surface area (Å²) in [6.45, 7) is 8.12. The van der Waals surface area contributed by atoms with Gasteiger partial charge in [0.2, 0.25) is 0 Å². The van der Waals surface area contributed by atoms with E-state index in [2.05, 4.69) is 19.2 Å². The van der Waals surface area contributed by atoms with Gasteiger partial charge in [-0.15, -0.1) is 11.3 Å². The topological polar surface area (TPSA) is 49.4 Å². The van der Waals surface area contributed by atoms with E-state index < -0.39 is 10.0 Å². The zero-order chi connectivity index (χ0) is 15.6. The van der Waals surface area contributed by atoms with Crippen molar-refractivity contribution < 1.29 is 8.42 Å². The predicted octanol–water partition coefficient (Wildman–Crippen LogP) is 3.11. The number of piperidine rings is 1. The van der Waals surface area contributed by atoms with Crippen LogP contribution in [0.5, 0.6) is 0 Å². The number of nitrogens with zero attached hydrogens (tertiary/aromatic N) is 1. The number of nitrogens with one attached hydrogen (secondary N) is 1. The van der Waals surface area contributed by atoms with E-state index >= 15 is 0 Å². The van der Waals surface area contributed by atoms with Crippen LogP contribution in [-0.2, 0) is 10.0 Å². The van der Waals surface area contributed by atoms with Crippen molar-refractivity contribution in [2.75, 3.05) is 19.6 Å². The van der Waals surface area contributed by atoms with E-state index in [9.17, 15) is 8.42 Å². The Morgan fingerprint density at radius 1 is 1.52 bits per heavy atom. The van der Waals surface area contributed by atoms with Crippen molar-refractivity contribution in [2.45, 2.75) is 43.9 Å². The molecule has 1 aromatic heterocycles. The first-order valence-corrected chi connectivity index (χ1v) is 9.93. The van der Waals surface area contributed by atoms with Crippen molar-refractivity contribution in [2.24, 2.45) is 5.92 Å². The van der Waals surface area contributed by atoms with Gasteiger partial charge in [0.1, 0.15) is 4.21 Å². The average Bonchev–Trinajstić information content (AvgIpc) is 2.77. The molecule has 1 aromatic rings. The van der Waals surface area contributed by atoms with Crippen LogP contribution in [-0.4, -0.2) is 38.4 Å². The number of sulfonamides is 1. The Morgan fingerprint density at radius 2 is 2.24 bits per heavy atom. The summed E-state index contributed by atoms with van der Waals surface area (Å²) in [5, 5.41) is 3.40. The van der Waals surface area contributed by atoms with Gasteiger partial charge < -0.3 is 5.32 Å². The van der Waals surface area contributed by atoms with Crippen molar-refractivity contribution in [1.82, 2.24) is 9.62 Å². The van der Waals surface area contributed by atoms with Gasteiger partial charge in [0, 0.05) is 19.1 Å². The van der Waals surface area contributed by atoms with Crippen LogP contribution < -0.4 is 5.32 Å². The normalized spacial score (nSPS) is 21.1. The van der Waals surface area contributed by atoms with Gasteiger partial charge in [0.15, 0.2) is 0 Å². The molecular formula is C14H23ClN2O2S2. The maximum atomic E-state index is 12.7. The lowest BCUT2D eigenvalue weighted by Gasteiger charge is -2.32. The average molecular weight is 351 g/mol. The molecule has 0 saturated carbocycles. The molecule has 0 radical (unpaired) electrons. The first-order chi connectivity index (χ1) is 9.80. The Kier molecular flexibility index (Phi) is 5.71. The molecule has 1 aliphatic rings. The highest BCUT2D eigenvalue weighted by Gasteiger charge is 2.31. The summed E-state index contributed by atoms with van der Waals surface area (Å²) < 4.78 is 27.9. The van der Waals surface area contributed by atoms with E-state index in [1.165, 1.54) is 0 Å². The van der Waals surface area contributed by atoms with Gasteiger partial charge in [-0.1, -0.05) is 25.4 Å². The van der Waals surface area contributed by atoms with Crippen LogP contribution in [0.15, 0.2) is 10.3 Å². The molecule has 120 valence electrons. The first kappa shape index (κ1) is 17.2. The molecule has 1 atom stereocenters. The maximum absolute atomic E-state index is 12.7. The van der Waals surface area contributed by atoms with Crippen molar-refractivity contribution in [3.63, 3.8) is 0 Å². The Hall–Kier alpha value is -0.140. The highest BCUT2D eigenvalue weighted by molar-refractivity contribution is 7.91. The van der Waals surface area contributed by atoms with Gasteiger partial charge >= 0.3 is 0 Å². The van der Waals surface area contributed by atoms with Crippen molar-refractivity contribution >= 4 is 33.0 Å². The number of hydrogen-bond donors (Lipinski definition) is 1. The molecular weight excluding hydrogens is 328 g/mol. The van der Waals surface area contributed by atoms with E-state index in [4.69, 9.17) is 11.6 Å². The van der Waals surface area contributed by atoms with Crippen LogP contribution in [0.3, 0.4) is 0 Å². The summed E-state index contributed by atoms with van der Waals surface area (Å²) >= 11 is 7.17. The Bertz CT molecular complexity index is 564. The summed E-state index contributed by atoms with van der Waals surface area (Å²) in [7, 11) is -3.40. The summed E-state index contributed by atoms with van der Waals surface area (Å²) in [6, 6.07) is 2.11. The van der Waals surface area contributed by atoms with Gasteiger partial charge in [-0.05, 0) is 43.9 Å². The number of halogens is 1. The SMILES string of the molecule is Cc1cc(S(=O)(=O)N2CCCC(CNC(C)C)C2)sc1Cl. The third-order valence-corrected chi connectivity index (χ3v) is 7.59. The fourth-order valence-corrected chi connectivity index (χ4v) is 5.92. The van der Waals surface area contributed by atoms with Gasteiger partial charge in [-0.3, -0.25) is 0 Å². The van der Waals surface area contributed by atoms with Crippen LogP contribution in [0.25, 0.3) is 0 Å². The minimum Gasteiger partial charge on any atom is -0.314 e. The standard InChI is InChI=1S/C14H23ClN2O2S2/c1-10(2)16-8-12-5-4-6-17(9-12)21(18,19)13-7-11(3)14(15)20-13/h7,10,12,16H,4-6,8-9H2,1-3H3. The molecule has 1 saturated heterocycles. The lowest BCUT2D eigenvalue weighted by molar-refractivity contribution is 0.257. The number of hydrogen-bond acceptors (Lipinski definition) is 4. The molecule has 7 heteroatoms. The lowest BCUT2D eigenvalue weighted by Crippen LogP contribution is -2.43. The van der Waals surface area contributed by atoms with Crippen molar-refractivity contribution in [3.05, 3.63) is 16.0 Å². The largest absolute Gasteiger partial charge is 0.314 e. The molecule has 21 heavy (non-hydrogen) atoms. The highest BCUT2D eigenvalue weighted by atomic mass is 35.5. The molecule has 0 spiro atoms. The summed E-state index contributed by atoms with van der Waals surface area (Å²) in [5.41, 5.74) is 0.829. The van der Waals surface area contributed by atoms with Gasteiger partial charge in [0.25, 0.3) is 10.0 Å². The van der Waals surface area contributed by atoms with Crippen LogP contribution >= 0.6 is 22.9 Å². The molecule has 0 amide bonds. The van der Waals surface area contributed by atoms with Crippen LogP contribution in [0.1, 0.15) is 32.3 Å². The summed E-state index contributed by atoms with van der Waals surface area (Å²) in [5.74, 6) is 0.382. The Labute approximate surface area is 136 Å². The minimum absolute atomic E-state index is 0.363. The molecule has 1 unspecified atom stereocenters. The Balaban J connectivity index is 2.09. The van der Waals surface area contributed by atoms with Crippen LogP contribution in [0.4, 0.5) is 0 Å². The van der Waals surface area contributed by atoms with E-state index in [0.717, 1.165) is 36.3 Å². The van der Waals surface area contributed by atoms with E-state index in [-0.39, 0.29) is 0 Å². The molecule has 1 N–H and O–H groups in total. The second kappa shape index (κ2) is 6.96. The molecule has 0 bridgehead atoms. The number of aryl methyl sites for hydroxylation is 1. The lowest BCUT2D eigenvalue weighted by atomic mass is 9.99. The number of thiophene rings is 1. The highest BCUT2D eigenvalue weighted by Crippen LogP contribution is 2.33. The molecule has 1 aliphatic heterocycles. The molecule has 1 fully saturated rings. The number of rotatable bonds is 5. The third-order valence-electron chi connectivity index (χ3n) is 3.73. The van der Waals surface area contributed by atoms with Gasteiger partial charge in [0.05, 0.1) is 4.34 Å². The molecule has 2 rings (SSSR count). The smallest absolute Gasteiger partial charge is 0.252 e. The van der Waals surface area contributed by atoms with Crippen molar-refractivity contribution in [3.8, 4) is 0 Å². The second-order valence-corrected chi connectivity index (χ2v) is 9.78. The predicted molar refractivity (Wildman–Crippen MR) is 88.7 cm³/mol. The van der Waals surface area contributed by atoms with Crippen LogP contribution in [0, 0.1) is 12.8 Å². The maximum Gasteiger partial charge on any atom is 0.252 e. The molecule has 4 nitrogen and oxygen atoms in total. The molecule has 2 heterocycles. The Morgan fingerprint density at radius 3 is 2.81 bits per heavy atom. The fraction of sp³-hybridized carbons (Fsp3) is 0.714. The van der Waals surface area contributed by atoms with Gasteiger partial charge in [-0.25, -0.2) is 8.42 Å². The third kappa shape index (κ3) is 4.20.